The fourth-order valence-electron chi connectivity index (χ4n) is 5.54. The highest BCUT2D eigenvalue weighted by Crippen LogP contribution is 2.89. The SMILES string of the molecule is C[C@@H]1Cc2c(C(=O)N3CCC4(CC3)C(F)(F)C43CC3)n[nH]c2[C@H](C)O1. The quantitative estimate of drug-likeness (QED) is 0.846. The van der Waals surface area contributed by atoms with Gasteiger partial charge in [0.1, 0.15) is 0 Å². The molecule has 1 aromatic heterocycles. The van der Waals surface area contributed by atoms with Crippen molar-refractivity contribution in [1.82, 2.24) is 15.1 Å². The molecule has 1 saturated heterocycles. The van der Waals surface area contributed by atoms with Gasteiger partial charge in [0.25, 0.3) is 11.8 Å². The fourth-order valence-corrected chi connectivity index (χ4v) is 5.54. The summed E-state index contributed by atoms with van der Waals surface area (Å²) >= 11 is 0. The molecule has 0 bridgehead atoms. The molecule has 3 fully saturated rings. The molecular formula is C18H23F2N3O2. The van der Waals surface area contributed by atoms with Crippen molar-refractivity contribution in [2.45, 2.75) is 64.1 Å². The molecule has 2 atom stereocenters. The van der Waals surface area contributed by atoms with Crippen molar-refractivity contribution >= 4 is 5.91 Å². The van der Waals surface area contributed by atoms with Crippen molar-refractivity contribution < 1.29 is 18.3 Å². The second-order valence-electron chi connectivity index (χ2n) is 8.29. The van der Waals surface area contributed by atoms with Crippen LogP contribution in [0, 0.1) is 10.8 Å². The van der Waals surface area contributed by atoms with Gasteiger partial charge < -0.3 is 9.64 Å². The second kappa shape index (κ2) is 4.61. The maximum atomic E-state index is 14.3. The number of amides is 1. The molecule has 1 N–H and O–H groups in total. The fraction of sp³-hybridized carbons (Fsp3) is 0.778. The Morgan fingerprint density at radius 3 is 2.44 bits per heavy atom. The van der Waals surface area contributed by atoms with E-state index in [-0.39, 0.29) is 18.1 Å². The van der Waals surface area contributed by atoms with E-state index in [1.165, 1.54) is 0 Å². The number of rotatable bonds is 1. The van der Waals surface area contributed by atoms with Gasteiger partial charge in [-0.3, -0.25) is 9.89 Å². The minimum atomic E-state index is -2.52. The van der Waals surface area contributed by atoms with Crippen molar-refractivity contribution in [2.24, 2.45) is 10.8 Å². The van der Waals surface area contributed by atoms with Gasteiger partial charge in [0.05, 0.1) is 17.9 Å². The number of hydrogen-bond acceptors (Lipinski definition) is 3. The number of likely N-dealkylation sites (tertiary alicyclic amines) is 1. The molecule has 1 amide bonds. The summed E-state index contributed by atoms with van der Waals surface area (Å²) in [6.45, 7) is 4.73. The van der Waals surface area contributed by atoms with Gasteiger partial charge in [-0.1, -0.05) is 0 Å². The van der Waals surface area contributed by atoms with Gasteiger partial charge in [0.2, 0.25) is 0 Å². The van der Waals surface area contributed by atoms with Crippen LogP contribution in [0.15, 0.2) is 0 Å². The first kappa shape index (κ1) is 15.7. The molecule has 25 heavy (non-hydrogen) atoms. The van der Waals surface area contributed by atoms with Crippen LogP contribution in [-0.4, -0.2) is 46.1 Å². The molecule has 5 nitrogen and oxygen atoms in total. The van der Waals surface area contributed by atoms with Gasteiger partial charge in [-0.25, -0.2) is 8.78 Å². The van der Waals surface area contributed by atoms with Crippen molar-refractivity contribution in [3.8, 4) is 0 Å². The number of carbonyl (C=O) groups is 1. The smallest absolute Gasteiger partial charge is 0.274 e. The third-order valence-electron chi connectivity index (χ3n) is 7.15. The average molecular weight is 351 g/mol. The number of halogens is 2. The molecule has 4 aliphatic rings. The molecule has 2 saturated carbocycles. The summed E-state index contributed by atoms with van der Waals surface area (Å²) in [5.41, 5.74) is 0.672. The highest BCUT2D eigenvalue weighted by atomic mass is 19.3. The lowest BCUT2D eigenvalue weighted by atomic mass is 9.89. The molecule has 1 aromatic rings. The Balaban J connectivity index is 1.34. The van der Waals surface area contributed by atoms with Crippen LogP contribution in [0.2, 0.25) is 0 Å². The van der Waals surface area contributed by atoms with Gasteiger partial charge >= 0.3 is 0 Å². The number of alkyl halides is 2. The van der Waals surface area contributed by atoms with E-state index in [9.17, 15) is 13.6 Å². The first-order chi connectivity index (χ1) is 11.8. The third kappa shape index (κ3) is 1.75. The van der Waals surface area contributed by atoms with Gasteiger partial charge in [-0.15, -0.1) is 0 Å². The minimum Gasteiger partial charge on any atom is -0.369 e. The standard InChI is InChI=1S/C18H23F2N3O2/c1-10-9-12-13(11(2)25-10)21-22-14(12)15(24)23-7-5-17(6-8-23)16(3-4-16)18(17,19)20/h10-11H,3-9H2,1-2H3,(H,21,22)/t10-,11+/m1/s1. The van der Waals surface area contributed by atoms with E-state index in [0.717, 1.165) is 11.3 Å². The maximum Gasteiger partial charge on any atom is 0.274 e. The number of H-pyrrole nitrogens is 1. The van der Waals surface area contributed by atoms with E-state index in [1.807, 2.05) is 13.8 Å². The molecular weight excluding hydrogens is 328 g/mol. The highest BCUT2D eigenvalue weighted by molar-refractivity contribution is 5.94. The molecule has 0 aromatic carbocycles. The van der Waals surface area contributed by atoms with Crippen molar-refractivity contribution in [3.05, 3.63) is 17.0 Å². The van der Waals surface area contributed by atoms with E-state index >= 15 is 0 Å². The molecule has 0 unspecified atom stereocenters. The Kier molecular flexibility index (Phi) is 2.90. The lowest BCUT2D eigenvalue weighted by Gasteiger charge is -2.33. The van der Waals surface area contributed by atoms with E-state index in [4.69, 9.17) is 4.74 Å². The Labute approximate surface area is 145 Å². The zero-order valence-electron chi connectivity index (χ0n) is 14.6. The zero-order valence-corrected chi connectivity index (χ0v) is 14.6. The highest BCUT2D eigenvalue weighted by Gasteiger charge is 2.94. The van der Waals surface area contributed by atoms with Crippen LogP contribution in [0.5, 0.6) is 0 Å². The first-order valence-electron chi connectivity index (χ1n) is 9.23. The monoisotopic (exact) mass is 351 g/mol. The number of aromatic nitrogens is 2. The van der Waals surface area contributed by atoms with E-state index in [0.29, 0.717) is 50.9 Å². The minimum absolute atomic E-state index is 0.0381. The van der Waals surface area contributed by atoms with Crippen LogP contribution in [0.3, 0.4) is 0 Å². The molecule has 0 radical (unpaired) electrons. The number of aromatic amines is 1. The summed E-state index contributed by atoms with van der Waals surface area (Å²) in [6.07, 6.45) is 2.69. The van der Waals surface area contributed by atoms with Crippen LogP contribution in [0.1, 0.15) is 67.4 Å². The number of fused-ring (bicyclic) bond motifs is 2. The predicted molar refractivity (Wildman–Crippen MR) is 85.4 cm³/mol. The number of nitrogens with zero attached hydrogens (tertiary/aromatic N) is 2. The Morgan fingerprint density at radius 1 is 1.20 bits per heavy atom. The number of nitrogens with one attached hydrogen (secondary N) is 1. The second-order valence-corrected chi connectivity index (χ2v) is 8.29. The number of piperidine rings is 1. The van der Waals surface area contributed by atoms with Gasteiger partial charge in [-0.2, -0.15) is 5.10 Å². The van der Waals surface area contributed by atoms with Crippen LogP contribution in [0.4, 0.5) is 8.78 Å². The Hall–Kier alpha value is -1.50. The summed E-state index contributed by atoms with van der Waals surface area (Å²) < 4.78 is 34.3. The van der Waals surface area contributed by atoms with Gasteiger partial charge in [0.15, 0.2) is 5.69 Å². The lowest BCUT2D eigenvalue weighted by Crippen LogP contribution is -2.41. The van der Waals surface area contributed by atoms with Crippen LogP contribution >= 0.6 is 0 Å². The average Bonchev–Trinajstić information content (AvgIpc) is 3.38. The van der Waals surface area contributed by atoms with Crippen molar-refractivity contribution in [3.63, 3.8) is 0 Å². The van der Waals surface area contributed by atoms with Crippen molar-refractivity contribution in [1.29, 1.82) is 0 Å². The number of carbonyl (C=O) groups excluding carboxylic acids is 1. The Bertz CT molecular complexity index is 742. The summed E-state index contributed by atoms with van der Waals surface area (Å²) in [7, 11) is 0. The molecule has 2 spiro atoms. The van der Waals surface area contributed by atoms with Gasteiger partial charge in [-0.05, 0) is 39.5 Å². The summed E-state index contributed by atoms with van der Waals surface area (Å²) in [4.78, 5) is 14.6. The normalized spacial score (nSPS) is 33.4. The van der Waals surface area contributed by atoms with Gasteiger partial charge in [0, 0.05) is 35.9 Å². The summed E-state index contributed by atoms with van der Waals surface area (Å²) in [5.74, 6) is -2.66. The van der Waals surface area contributed by atoms with E-state index in [1.54, 1.807) is 4.90 Å². The summed E-state index contributed by atoms with van der Waals surface area (Å²) in [6, 6.07) is 0. The largest absolute Gasteiger partial charge is 0.369 e. The van der Waals surface area contributed by atoms with Crippen LogP contribution in [-0.2, 0) is 11.2 Å². The van der Waals surface area contributed by atoms with E-state index in [2.05, 4.69) is 10.2 Å². The number of hydrogen-bond donors (Lipinski definition) is 1. The van der Waals surface area contributed by atoms with Crippen molar-refractivity contribution in [2.75, 3.05) is 13.1 Å². The molecule has 136 valence electrons. The first-order valence-corrected chi connectivity index (χ1v) is 9.23. The molecule has 7 heteroatoms. The molecule has 3 heterocycles. The topological polar surface area (TPSA) is 58.2 Å². The zero-order chi connectivity index (χ0) is 17.6. The molecule has 2 aliphatic heterocycles. The Morgan fingerprint density at radius 2 is 1.84 bits per heavy atom. The molecule has 2 aliphatic carbocycles. The van der Waals surface area contributed by atoms with E-state index < -0.39 is 16.8 Å². The lowest BCUT2D eigenvalue weighted by molar-refractivity contribution is -0.00709. The number of ether oxygens (including phenoxy) is 1. The third-order valence-corrected chi connectivity index (χ3v) is 7.15. The maximum absolute atomic E-state index is 14.3. The summed E-state index contributed by atoms with van der Waals surface area (Å²) in [5, 5.41) is 7.17. The van der Waals surface area contributed by atoms with Crippen LogP contribution in [0.25, 0.3) is 0 Å². The molecule has 5 rings (SSSR count). The van der Waals surface area contributed by atoms with Crippen LogP contribution < -0.4 is 0 Å². The predicted octanol–water partition coefficient (Wildman–Crippen LogP) is 3.08.